The first-order chi connectivity index (χ1) is 7.84. The molecular formula is C12H11FN2O. The zero-order valence-corrected chi connectivity index (χ0v) is 8.66. The monoisotopic (exact) mass is 218 g/mol. The standard InChI is InChI=1S/C12H11FN2O/c13-9-3-1-2-8(6-9)12-10-7-14-5-4-11(10)15-16-12/h1-3,6,14H,4-5,7H2. The lowest BCUT2D eigenvalue weighted by atomic mass is 10.0. The second-order valence-electron chi connectivity index (χ2n) is 3.87. The number of rotatable bonds is 1. The third-order valence-electron chi connectivity index (χ3n) is 2.80. The number of nitrogens with zero attached hydrogens (tertiary/aromatic N) is 1. The Hall–Kier alpha value is -1.68. The molecule has 1 aromatic heterocycles. The lowest BCUT2D eigenvalue weighted by molar-refractivity contribution is 0.423. The van der Waals surface area contributed by atoms with E-state index in [2.05, 4.69) is 10.5 Å². The van der Waals surface area contributed by atoms with Crippen molar-refractivity contribution in [2.45, 2.75) is 13.0 Å². The van der Waals surface area contributed by atoms with Crippen LogP contribution in [-0.2, 0) is 13.0 Å². The first-order valence-electron chi connectivity index (χ1n) is 5.28. The van der Waals surface area contributed by atoms with Crippen LogP contribution in [0.4, 0.5) is 4.39 Å². The van der Waals surface area contributed by atoms with Crippen molar-refractivity contribution in [2.75, 3.05) is 6.54 Å². The molecule has 3 nitrogen and oxygen atoms in total. The Labute approximate surface area is 92.3 Å². The van der Waals surface area contributed by atoms with Crippen molar-refractivity contribution >= 4 is 0 Å². The zero-order chi connectivity index (χ0) is 11.0. The molecule has 1 aliphatic heterocycles. The van der Waals surface area contributed by atoms with Gasteiger partial charge >= 0.3 is 0 Å². The number of hydrogen-bond acceptors (Lipinski definition) is 3. The van der Waals surface area contributed by atoms with Crippen molar-refractivity contribution < 1.29 is 8.91 Å². The molecule has 1 N–H and O–H groups in total. The van der Waals surface area contributed by atoms with Crippen molar-refractivity contribution in [3.05, 3.63) is 41.3 Å². The third-order valence-corrected chi connectivity index (χ3v) is 2.80. The fraction of sp³-hybridized carbons (Fsp3) is 0.250. The highest BCUT2D eigenvalue weighted by Gasteiger charge is 2.20. The fourth-order valence-electron chi connectivity index (χ4n) is 2.00. The number of nitrogens with one attached hydrogen (secondary N) is 1. The van der Waals surface area contributed by atoms with Crippen LogP contribution in [0.15, 0.2) is 28.8 Å². The summed E-state index contributed by atoms with van der Waals surface area (Å²) >= 11 is 0. The number of aromatic nitrogens is 1. The minimum Gasteiger partial charge on any atom is -0.356 e. The summed E-state index contributed by atoms with van der Waals surface area (Å²) in [5, 5.41) is 7.28. The van der Waals surface area contributed by atoms with Crippen LogP contribution in [0.5, 0.6) is 0 Å². The Kier molecular flexibility index (Phi) is 2.22. The minimum absolute atomic E-state index is 0.258. The SMILES string of the molecule is Fc1cccc(-c2onc3c2CNCC3)c1. The summed E-state index contributed by atoms with van der Waals surface area (Å²) in [7, 11) is 0. The maximum Gasteiger partial charge on any atom is 0.171 e. The van der Waals surface area contributed by atoms with Crippen molar-refractivity contribution in [1.82, 2.24) is 10.5 Å². The highest BCUT2D eigenvalue weighted by atomic mass is 19.1. The van der Waals surface area contributed by atoms with Gasteiger partial charge < -0.3 is 9.84 Å². The van der Waals surface area contributed by atoms with E-state index in [1.165, 1.54) is 12.1 Å². The lowest BCUT2D eigenvalue weighted by Crippen LogP contribution is -2.23. The Morgan fingerprint density at radius 3 is 3.19 bits per heavy atom. The van der Waals surface area contributed by atoms with Gasteiger partial charge in [-0.15, -0.1) is 0 Å². The molecule has 0 radical (unpaired) electrons. The average molecular weight is 218 g/mol. The van der Waals surface area contributed by atoms with E-state index in [4.69, 9.17) is 4.52 Å². The molecule has 2 aromatic rings. The van der Waals surface area contributed by atoms with Crippen LogP contribution in [0, 0.1) is 5.82 Å². The highest BCUT2D eigenvalue weighted by Crippen LogP contribution is 2.28. The molecule has 0 bridgehead atoms. The molecular weight excluding hydrogens is 207 g/mol. The van der Waals surface area contributed by atoms with Gasteiger partial charge in [-0.1, -0.05) is 17.3 Å². The second kappa shape index (κ2) is 3.72. The summed E-state index contributed by atoms with van der Waals surface area (Å²) in [6.45, 7) is 1.66. The van der Waals surface area contributed by atoms with Crippen LogP contribution in [0.1, 0.15) is 11.3 Å². The van der Waals surface area contributed by atoms with Gasteiger partial charge in [0.15, 0.2) is 5.76 Å². The zero-order valence-electron chi connectivity index (χ0n) is 8.66. The third kappa shape index (κ3) is 1.51. The van der Waals surface area contributed by atoms with Crippen LogP contribution in [0.3, 0.4) is 0 Å². The van der Waals surface area contributed by atoms with E-state index in [9.17, 15) is 4.39 Å². The summed E-state index contributed by atoms with van der Waals surface area (Å²) < 4.78 is 18.4. The van der Waals surface area contributed by atoms with E-state index in [0.29, 0.717) is 5.76 Å². The van der Waals surface area contributed by atoms with Crippen LogP contribution in [-0.4, -0.2) is 11.7 Å². The minimum atomic E-state index is -0.258. The average Bonchev–Trinajstić information content (AvgIpc) is 2.72. The van der Waals surface area contributed by atoms with Gasteiger partial charge in [0.1, 0.15) is 5.82 Å². The van der Waals surface area contributed by atoms with Gasteiger partial charge in [0.05, 0.1) is 5.69 Å². The van der Waals surface area contributed by atoms with Crippen LogP contribution in [0.25, 0.3) is 11.3 Å². The van der Waals surface area contributed by atoms with E-state index in [0.717, 1.165) is 36.3 Å². The van der Waals surface area contributed by atoms with Gasteiger partial charge in [-0.25, -0.2) is 4.39 Å². The summed E-state index contributed by atoms with van der Waals surface area (Å²) in [6, 6.07) is 6.40. The molecule has 0 fully saturated rings. The molecule has 3 rings (SSSR count). The van der Waals surface area contributed by atoms with Gasteiger partial charge in [-0.3, -0.25) is 0 Å². The van der Waals surface area contributed by atoms with Crippen LogP contribution in [0.2, 0.25) is 0 Å². The van der Waals surface area contributed by atoms with E-state index in [-0.39, 0.29) is 5.82 Å². The van der Waals surface area contributed by atoms with Crippen molar-refractivity contribution in [1.29, 1.82) is 0 Å². The molecule has 2 heterocycles. The molecule has 0 saturated heterocycles. The fourth-order valence-corrected chi connectivity index (χ4v) is 2.00. The maximum absolute atomic E-state index is 13.1. The summed E-state index contributed by atoms with van der Waals surface area (Å²) in [6.07, 6.45) is 0.869. The van der Waals surface area contributed by atoms with Gasteiger partial charge in [0, 0.05) is 30.6 Å². The molecule has 1 aromatic carbocycles. The molecule has 16 heavy (non-hydrogen) atoms. The van der Waals surface area contributed by atoms with Crippen LogP contribution >= 0.6 is 0 Å². The summed E-state index contributed by atoms with van der Waals surface area (Å²) in [5.41, 5.74) is 2.78. The Morgan fingerprint density at radius 2 is 2.31 bits per heavy atom. The molecule has 0 spiro atoms. The molecule has 0 saturated carbocycles. The quantitative estimate of drug-likeness (QED) is 0.796. The molecule has 0 amide bonds. The van der Waals surface area contributed by atoms with Crippen molar-refractivity contribution in [3.63, 3.8) is 0 Å². The Bertz CT molecular complexity index is 521. The molecule has 4 heteroatoms. The molecule has 1 aliphatic rings. The summed E-state index contributed by atoms with van der Waals surface area (Å²) in [4.78, 5) is 0. The first-order valence-corrected chi connectivity index (χ1v) is 5.28. The molecule has 0 unspecified atom stereocenters. The summed E-state index contributed by atoms with van der Waals surface area (Å²) in [5.74, 6) is 0.424. The van der Waals surface area contributed by atoms with Gasteiger partial charge in [-0.05, 0) is 12.1 Å². The predicted octanol–water partition coefficient (Wildman–Crippen LogP) is 2.13. The number of hydrogen-bond donors (Lipinski definition) is 1. The van der Waals surface area contributed by atoms with Crippen LogP contribution < -0.4 is 5.32 Å². The molecule has 0 atom stereocenters. The Balaban J connectivity index is 2.09. The van der Waals surface area contributed by atoms with E-state index < -0.39 is 0 Å². The topological polar surface area (TPSA) is 38.1 Å². The van der Waals surface area contributed by atoms with E-state index in [1.54, 1.807) is 6.07 Å². The van der Waals surface area contributed by atoms with Gasteiger partial charge in [0.25, 0.3) is 0 Å². The highest BCUT2D eigenvalue weighted by molar-refractivity contribution is 5.62. The van der Waals surface area contributed by atoms with Gasteiger partial charge in [-0.2, -0.15) is 0 Å². The first kappa shape index (κ1) is 9.54. The van der Waals surface area contributed by atoms with E-state index >= 15 is 0 Å². The van der Waals surface area contributed by atoms with Gasteiger partial charge in [0.2, 0.25) is 0 Å². The van der Waals surface area contributed by atoms with E-state index in [1.807, 2.05) is 6.07 Å². The number of halogens is 1. The maximum atomic E-state index is 13.1. The second-order valence-corrected chi connectivity index (χ2v) is 3.87. The molecule has 82 valence electrons. The normalized spacial score (nSPS) is 14.8. The molecule has 0 aliphatic carbocycles. The van der Waals surface area contributed by atoms with Crippen molar-refractivity contribution in [3.8, 4) is 11.3 Å². The van der Waals surface area contributed by atoms with Crippen molar-refractivity contribution in [2.24, 2.45) is 0 Å². The lowest BCUT2D eigenvalue weighted by Gasteiger charge is -2.11. The number of benzene rings is 1. The smallest absolute Gasteiger partial charge is 0.171 e. The Morgan fingerprint density at radius 1 is 1.38 bits per heavy atom. The largest absolute Gasteiger partial charge is 0.356 e. The predicted molar refractivity (Wildman–Crippen MR) is 57.3 cm³/mol. The number of fused-ring (bicyclic) bond motifs is 1.